The molecule has 0 spiro atoms. The molecule has 0 unspecified atom stereocenters. The van der Waals surface area contributed by atoms with E-state index >= 15 is 0 Å². The fourth-order valence-electron chi connectivity index (χ4n) is 3.57. The molecule has 3 aromatic carbocycles. The molecule has 1 heterocycles. The van der Waals surface area contributed by atoms with Gasteiger partial charge in [0, 0.05) is 28.1 Å². The molecule has 1 amide bonds. The predicted molar refractivity (Wildman–Crippen MR) is 137 cm³/mol. The van der Waals surface area contributed by atoms with Crippen molar-refractivity contribution in [2.24, 2.45) is 0 Å². The van der Waals surface area contributed by atoms with Crippen molar-refractivity contribution in [2.75, 3.05) is 6.61 Å². The number of hydrogen-bond acceptors (Lipinski definition) is 5. The summed E-state index contributed by atoms with van der Waals surface area (Å²) in [6.07, 6.45) is 0. The summed E-state index contributed by atoms with van der Waals surface area (Å²) in [4.78, 5) is 18.0. The van der Waals surface area contributed by atoms with Gasteiger partial charge in [-0.2, -0.15) is 0 Å². The number of nitrogens with one attached hydrogen (secondary N) is 1. The van der Waals surface area contributed by atoms with Crippen molar-refractivity contribution >= 4 is 16.7 Å². The molecule has 1 N–H and O–H groups in total. The van der Waals surface area contributed by atoms with E-state index in [9.17, 15) is 9.00 Å². The Balaban J connectivity index is 1.41. The largest absolute Gasteiger partial charge is 0.494 e. The lowest BCUT2D eigenvalue weighted by molar-refractivity contribution is 0.0950. The highest BCUT2D eigenvalue weighted by Gasteiger charge is 2.16. The number of nitrogens with zero attached hydrogens (tertiary/aromatic N) is 1. The zero-order chi connectivity index (χ0) is 24.8. The summed E-state index contributed by atoms with van der Waals surface area (Å²) < 4.78 is 24.2. The van der Waals surface area contributed by atoms with Crippen LogP contribution in [0.5, 0.6) is 5.75 Å². The number of ether oxygens (including phenoxy) is 1. The molecule has 35 heavy (non-hydrogen) atoms. The van der Waals surface area contributed by atoms with Gasteiger partial charge in [0.25, 0.3) is 5.91 Å². The van der Waals surface area contributed by atoms with Gasteiger partial charge in [0.1, 0.15) is 11.5 Å². The van der Waals surface area contributed by atoms with Crippen LogP contribution < -0.4 is 10.1 Å². The maximum Gasteiger partial charge on any atom is 0.251 e. The van der Waals surface area contributed by atoms with Crippen LogP contribution in [0, 0.1) is 13.8 Å². The molecule has 0 aliphatic rings. The summed E-state index contributed by atoms with van der Waals surface area (Å²) in [7, 11) is -1.21. The number of para-hydroxylation sites is 1. The third-order valence-electron chi connectivity index (χ3n) is 5.55. The molecular weight excluding hydrogens is 460 g/mol. The van der Waals surface area contributed by atoms with Crippen LogP contribution in [0.2, 0.25) is 0 Å². The zero-order valence-electron chi connectivity index (χ0n) is 20.0. The van der Waals surface area contributed by atoms with Gasteiger partial charge in [0.2, 0.25) is 5.89 Å². The third-order valence-corrected chi connectivity index (χ3v) is 6.88. The molecule has 180 valence electrons. The summed E-state index contributed by atoms with van der Waals surface area (Å²) in [6, 6.07) is 22.4. The Hall–Kier alpha value is -3.71. The van der Waals surface area contributed by atoms with Gasteiger partial charge >= 0.3 is 0 Å². The molecule has 1 atom stereocenters. The van der Waals surface area contributed by atoms with Gasteiger partial charge in [-0.3, -0.25) is 9.00 Å². The van der Waals surface area contributed by atoms with E-state index in [0.717, 1.165) is 27.3 Å². The number of carbonyl (C=O) groups is 1. The van der Waals surface area contributed by atoms with Crippen LogP contribution in [-0.2, 0) is 23.1 Å². The average Bonchev–Trinajstić information content (AvgIpc) is 3.24. The van der Waals surface area contributed by atoms with Gasteiger partial charge in [-0.15, -0.1) is 0 Å². The first-order valence-electron chi connectivity index (χ1n) is 11.4. The van der Waals surface area contributed by atoms with Crippen molar-refractivity contribution in [3.05, 3.63) is 101 Å². The Labute approximate surface area is 207 Å². The number of hydrogen-bond donors (Lipinski definition) is 1. The molecular formula is C28H28N2O4S. The van der Waals surface area contributed by atoms with Crippen LogP contribution in [0.1, 0.15) is 39.9 Å². The second-order valence-electron chi connectivity index (χ2n) is 8.13. The maximum atomic E-state index is 12.7. The Morgan fingerprint density at radius 2 is 1.71 bits per heavy atom. The van der Waals surface area contributed by atoms with E-state index in [1.807, 2.05) is 69.3 Å². The van der Waals surface area contributed by atoms with Gasteiger partial charge in [-0.1, -0.05) is 35.9 Å². The molecule has 6 nitrogen and oxygen atoms in total. The van der Waals surface area contributed by atoms with Gasteiger partial charge in [-0.25, -0.2) is 4.98 Å². The summed E-state index contributed by atoms with van der Waals surface area (Å²) in [5.74, 6) is 1.94. The van der Waals surface area contributed by atoms with Gasteiger partial charge < -0.3 is 14.5 Å². The van der Waals surface area contributed by atoms with Gasteiger partial charge in [-0.05, 0) is 63.2 Å². The zero-order valence-corrected chi connectivity index (χ0v) is 20.9. The number of carbonyl (C=O) groups excluding carboxylic acids is 1. The minimum Gasteiger partial charge on any atom is -0.494 e. The Kier molecular flexibility index (Phi) is 7.77. The van der Waals surface area contributed by atoms with Crippen LogP contribution in [0.4, 0.5) is 0 Å². The SMILES string of the molecule is CCOc1ccccc1CNC(=O)c1ccc(-c2nc(C[S@](=O)c3ccc(C)cc3)c(C)o2)cc1. The first-order chi connectivity index (χ1) is 16.9. The second-order valence-corrected chi connectivity index (χ2v) is 9.58. The highest BCUT2D eigenvalue weighted by atomic mass is 32.2. The third kappa shape index (κ3) is 6.05. The monoisotopic (exact) mass is 488 g/mol. The fraction of sp³-hybridized carbons (Fsp3) is 0.214. The second kappa shape index (κ2) is 11.1. The molecule has 0 aliphatic heterocycles. The highest BCUT2D eigenvalue weighted by molar-refractivity contribution is 7.84. The van der Waals surface area contributed by atoms with E-state index in [2.05, 4.69) is 10.3 Å². The average molecular weight is 489 g/mol. The number of aryl methyl sites for hydroxylation is 2. The van der Waals surface area contributed by atoms with Gasteiger partial charge in [0.05, 0.1) is 28.9 Å². The molecule has 4 aromatic rings. The standard InChI is InChI=1S/C28H28N2O4S/c1-4-33-26-8-6-5-7-23(26)17-29-27(31)21-11-13-22(14-12-21)28-30-25(20(3)34-28)18-35(32)24-15-9-19(2)10-16-24/h5-16H,4,17-18H2,1-3H3,(H,29,31)/t35-/m0/s1. The Morgan fingerprint density at radius 3 is 2.43 bits per heavy atom. The van der Waals surface area contributed by atoms with E-state index < -0.39 is 10.8 Å². The van der Waals surface area contributed by atoms with Crippen LogP contribution in [0.25, 0.3) is 11.5 Å². The van der Waals surface area contributed by atoms with Crippen molar-refractivity contribution in [3.8, 4) is 17.2 Å². The van der Waals surface area contributed by atoms with E-state index in [1.54, 1.807) is 24.3 Å². The highest BCUT2D eigenvalue weighted by Crippen LogP contribution is 2.24. The minimum absolute atomic E-state index is 0.180. The summed E-state index contributed by atoms with van der Waals surface area (Å²) >= 11 is 0. The number of aromatic nitrogens is 1. The van der Waals surface area contributed by atoms with Gasteiger partial charge in [0.15, 0.2) is 0 Å². The smallest absolute Gasteiger partial charge is 0.251 e. The lowest BCUT2D eigenvalue weighted by Crippen LogP contribution is -2.23. The first-order valence-corrected chi connectivity index (χ1v) is 12.8. The molecule has 0 saturated heterocycles. The van der Waals surface area contributed by atoms with Crippen LogP contribution in [0.15, 0.2) is 82.1 Å². The molecule has 0 saturated carbocycles. The van der Waals surface area contributed by atoms with E-state index in [1.165, 1.54) is 0 Å². The minimum atomic E-state index is -1.21. The van der Waals surface area contributed by atoms with Crippen LogP contribution in [0.3, 0.4) is 0 Å². The maximum absolute atomic E-state index is 12.7. The summed E-state index contributed by atoms with van der Waals surface area (Å²) in [6.45, 7) is 6.68. The summed E-state index contributed by atoms with van der Waals surface area (Å²) in [5, 5.41) is 2.94. The molecule has 1 aromatic heterocycles. The topological polar surface area (TPSA) is 81.4 Å². The molecule has 0 radical (unpaired) electrons. The van der Waals surface area contributed by atoms with E-state index in [-0.39, 0.29) is 11.7 Å². The van der Waals surface area contributed by atoms with Crippen molar-refractivity contribution in [2.45, 2.75) is 38.0 Å². The van der Waals surface area contributed by atoms with Crippen molar-refractivity contribution in [1.82, 2.24) is 10.3 Å². The molecule has 0 bridgehead atoms. The van der Waals surface area contributed by atoms with E-state index in [0.29, 0.717) is 36.1 Å². The summed E-state index contributed by atoms with van der Waals surface area (Å²) in [5.41, 5.74) is 3.99. The lowest BCUT2D eigenvalue weighted by atomic mass is 10.1. The van der Waals surface area contributed by atoms with Crippen LogP contribution >= 0.6 is 0 Å². The fourth-order valence-corrected chi connectivity index (χ4v) is 4.69. The predicted octanol–water partition coefficient (Wildman–Crippen LogP) is 5.59. The molecule has 7 heteroatoms. The number of amides is 1. The quantitative estimate of drug-likeness (QED) is 0.332. The normalized spacial score (nSPS) is 11.7. The Morgan fingerprint density at radius 1 is 1.00 bits per heavy atom. The lowest BCUT2D eigenvalue weighted by Gasteiger charge is -2.11. The first kappa shape index (κ1) is 24.4. The molecule has 0 fully saturated rings. The number of oxazole rings is 1. The van der Waals surface area contributed by atoms with E-state index in [4.69, 9.17) is 9.15 Å². The van der Waals surface area contributed by atoms with Crippen LogP contribution in [-0.4, -0.2) is 21.7 Å². The Bertz CT molecular complexity index is 1330. The number of benzene rings is 3. The van der Waals surface area contributed by atoms with Crippen molar-refractivity contribution < 1.29 is 18.2 Å². The molecule has 4 rings (SSSR count). The van der Waals surface area contributed by atoms with Crippen molar-refractivity contribution in [1.29, 1.82) is 0 Å². The number of rotatable bonds is 9. The van der Waals surface area contributed by atoms with Crippen molar-refractivity contribution in [3.63, 3.8) is 0 Å². The molecule has 0 aliphatic carbocycles.